The number of carbonyl (C=O) groups is 1. The molecule has 5 nitrogen and oxygen atoms in total. The lowest BCUT2D eigenvalue weighted by Gasteiger charge is -2.40. The van der Waals surface area contributed by atoms with E-state index >= 15 is 0 Å². The van der Waals surface area contributed by atoms with E-state index < -0.39 is 15.7 Å². The van der Waals surface area contributed by atoms with Crippen LogP contribution in [0.5, 0.6) is 0 Å². The summed E-state index contributed by atoms with van der Waals surface area (Å²) in [6, 6.07) is 4.29. The summed E-state index contributed by atoms with van der Waals surface area (Å²) >= 11 is 5.74. The van der Waals surface area contributed by atoms with Gasteiger partial charge in [0.25, 0.3) is 5.91 Å². The molecule has 0 saturated carbocycles. The fraction of sp³-hybridized carbons (Fsp3) is 0.562. The molecule has 2 aliphatic heterocycles. The normalized spacial score (nSPS) is 22.5. The Hall–Kier alpha value is -1.18. The molecule has 2 fully saturated rings. The van der Waals surface area contributed by atoms with Gasteiger partial charge in [0.1, 0.15) is 15.7 Å². The molecule has 1 aromatic rings. The highest BCUT2D eigenvalue weighted by molar-refractivity contribution is 7.91. The Morgan fingerprint density at radius 2 is 1.75 bits per heavy atom. The van der Waals surface area contributed by atoms with E-state index in [1.54, 1.807) is 4.90 Å². The maximum Gasteiger partial charge on any atom is 0.253 e. The van der Waals surface area contributed by atoms with Gasteiger partial charge < -0.3 is 4.90 Å². The molecule has 0 spiro atoms. The molecule has 2 aliphatic rings. The Labute approximate surface area is 146 Å². The first-order chi connectivity index (χ1) is 11.4. The monoisotopic (exact) mass is 374 g/mol. The number of piperazine rings is 1. The fourth-order valence-electron chi connectivity index (χ4n) is 3.34. The van der Waals surface area contributed by atoms with Crippen molar-refractivity contribution in [1.29, 1.82) is 0 Å². The van der Waals surface area contributed by atoms with Crippen molar-refractivity contribution in [3.05, 3.63) is 34.6 Å². The fourth-order valence-corrected chi connectivity index (χ4v) is 4.99. The van der Waals surface area contributed by atoms with Crippen LogP contribution in [0.15, 0.2) is 18.2 Å². The minimum atomic E-state index is -2.86. The van der Waals surface area contributed by atoms with Crippen LogP contribution in [0.25, 0.3) is 0 Å². The molecule has 0 atom stereocenters. The second-order valence-corrected chi connectivity index (χ2v) is 9.05. The van der Waals surface area contributed by atoms with Gasteiger partial charge in [0, 0.05) is 37.8 Å². The van der Waals surface area contributed by atoms with Crippen molar-refractivity contribution in [2.24, 2.45) is 0 Å². The first-order valence-corrected chi connectivity index (χ1v) is 10.2. The maximum atomic E-state index is 13.2. The van der Waals surface area contributed by atoms with E-state index in [-0.39, 0.29) is 28.5 Å². The van der Waals surface area contributed by atoms with Gasteiger partial charge in [-0.25, -0.2) is 12.8 Å². The largest absolute Gasteiger partial charge is 0.336 e. The zero-order valence-corrected chi connectivity index (χ0v) is 14.8. The minimum Gasteiger partial charge on any atom is -0.336 e. The Kier molecular flexibility index (Phi) is 5.13. The van der Waals surface area contributed by atoms with Crippen LogP contribution < -0.4 is 0 Å². The van der Waals surface area contributed by atoms with E-state index in [1.165, 1.54) is 18.2 Å². The molecule has 1 amide bonds. The van der Waals surface area contributed by atoms with E-state index in [1.807, 2.05) is 0 Å². The summed E-state index contributed by atoms with van der Waals surface area (Å²) in [7, 11) is -2.86. The number of nitrogens with zero attached hydrogens (tertiary/aromatic N) is 2. The molecule has 2 heterocycles. The number of carbonyl (C=O) groups excluding carboxylic acids is 1. The van der Waals surface area contributed by atoms with Crippen molar-refractivity contribution >= 4 is 27.3 Å². The van der Waals surface area contributed by atoms with E-state index in [9.17, 15) is 17.6 Å². The molecular formula is C16H20ClFN2O3S. The molecule has 2 saturated heterocycles. The summed E-state index contributed by atoms with van der Waals surface area (Å²) in [4.78, 5) is 16.5. The Balaban J connectivity index is 1.57. The maximum absolute atomic E-state index is 13.2. The molecule has 8 heteroatoms. The molecule has 0 N–H and O–H groups in total. The van der Waals surface area contributed by atoms with Crippen molar-refractivity contribution in [2.45, 2.75) is 18.9 Å². The number of benzene rings is 1. The minimum absolute atomic E-state index is 0.0529. The lowest BCUT2D eigenvalue weighted by Crippen LogP contribution is -2.53. The number of amides is 1. The molecule has 3 rings (SSSR count). The Bertz CT molecular complexity index is 719. The second kappa shape index (κ2) is 6.98. The summed E-state index contributed by atoms with van der Waals surface area (Å²) in [5.74, 6) is -0.177. The van der Waals surface area contributed by atoms with E-state index in [4.69, 9.17) is 11.6 Å². The van der Waals surface area contributed by atoms with E-state index in [0.29, 0.717) is 31.5 Å². The topological polar surface area (TPSA) is 57.7 Å². The van der Waals surface area contributed by atoms with Gasteiger partial charge >= 0.3 is 0 Å². The van der Waals surface area contributed by atoms with Crippen LogP contribution in [-0.4, -0.2) is 67.9 Å². The average Bonchev–Trinajstić information content (AvgIpc) is 2.57. The van der Waals surface area contributed by atoms with Crippen LogP contribution >= 0.6 is 11.6 Å². The third kappa shape index (κ3) is 3.90. The SMILES string of the molecule is O=C(c1ccc(F)c(Cl)c1)N1CCN(C2CCS(=O)(=O)CC2)CC1. The standard InChI is InChI=1S/C16H20ClFN2O3S/c17-14-11-12(1-2-15(14)18)16(21)20-7-5-19(6-8-20)13-3-9-24(22,23)10-4-13/h1-2,11,13H,3-10H2. The lowest BCUT2D eigenvalue weighted by atomic mass is 10.1. The molecule has 0 radical (unpaired) electrons. The van der Waals surface area contributed by atoms with Crippen LogP contribution in [0.1, 0.15) is 23.2 Å². The summed E-state index contributed by atoms with van der Waals surface area (Å²) < 4.78 is 36.2. The summed E-state index contributed by atoms with van der Waals surface area (Å²) in [6.07, 6.45) is 1.34. The number of hydrogen-bond acceptors (Lipinski definition) is 4. The highest BCUT2D eigenvalue weighted by atomic mass is 35.5. The van der Waals surface area contributed by atoms with Crippen LogP contribution in [0.2, 0.25) is 5.02 Å². The van der Waals surface area contributed by atoms with Crippen LogP contribution in [0, 0.1) is 5.82 Å². The molecule has 24 heavy (non-hydrogen) atoms. The quantitative estimate of drug-likeness (QED) is 0.792. The first kappa shape index (κ1) is 17.6. The van der Waals surface area contributed by atoms with Gasteiger partial charge in [0.2, 0.25) is 0 Å². The molecule has 0 unspecified atom stereocenters. The van der Waals surface area contributed by atoms with Crippen LogP contribution in [0.4, 0.5) is 4.39 Å². The summed E-state index contributed by atoms with van der Waals surface area (Å²) in [5, 5.41) is -0.0529. The van der Waals surface area contributed by atoms with Gasteiger partial charge in [-0.3, -0.25) is 9.69 Å². The highest BCUT2D eigenvalue weighted by Crippen LogP contribution is 2.21. The van der Waals surface area contributed by atoms with E-state index in [0.717, 1.165) is 13.1 Å². The number of hydrogen-bond donors (Lipinski definition) is 0. The Morgan fingerprint density at radius 3 is 2.33 bits per heavy atom. The average molecular weight is 375 g/mol. The molecule has 0 bridgehead atoms. The third-order valence-corrected chi connectivity index (χ3v) is 6.81. The van der Waals surface area contributed by atoms with Gasteiger partial charge in [0.05, 0.1) is 16.5 Å². The van der Waals surface area contributed by atoms with Gasteiger partial charge in [-0.05, 0) is 31.0 Å². The van der Waals surface area contributed by atoms with Gasteiger partial charge in [-0.1, -0.05) is 11.6 Å². The zero-order chi connectivity index (χ0) is 17.3. The van der Waals surface area contributed by atoms with Crippen molar-refractivity contribution in [3.63, 3.8) is 0 Å². The Morgan fingerprint density at radius 1 is 1.12 bits per heavy atom. The van der Waals surface area contributed by atoms with Crippen LogP contribution in [-0.2, 0) is 9.84 Å². The second-order valence-electron chi connectivity index (χ2n) is 6.34. The molecule has 0 aromatic heterocycles. The first-order valence-electron chi connectivity index (χ1n) is 8.04. The summed E-state index contributed by atoms with van der Waals surface area (Å²) in [5.41, 5.74) is 0.388. The summed E-state index contributed by atoms with van der Waals surface area (Å²) in [6.45, 7) is 2.62. The van der Waals surface area contributed by atoms with Crippen LogP contribution in [0.3, 0.4) is 0 Å². The molecular weight excluding hydrogens is 355 g/mol. The van der Waals surface area contributed by atoms with Gasteiger partial charge in [-0.15, -0.1) is 0 Å². The molecule has 0 aliphatic carbocycles. The van der Waals surface area contributed by atoms with Crippen molar-refractivity contribution in [2.75, 3.05) is 37.7 Å². The van der Waals surface area contributed by atoms with Crippen molar-refractivity contribution < 1.29 is 17.6 Å². The van der Waals surface area contributed by atoms with Crippen molar-refractivity contribution in [3.8, 4) is 0 Å². The van der Waals surface area contributed by atoms with Gasteiger partial charge in [0.15, 0.2) is 0 Å². The predicted molar refractivity (Wildman–Crippen MR) is 90.6 cm³/mol. The smallest absolute Gasteiger partial charge is 0.253 e. The molecule has 132 valence electrons. The van der Waals surface area contributed by atoms with Gasteiger partial charge in [-0.2, -0.15) is 0 Å². The lowest BCUT2D eigenvalue weighted by molar-refractivity contribution is 0.0558. The predicted octanol–water partition coefficient (Wildman–Crippen LogP) is 1.81. The van der Waals surface area contributed by atoms with E-state index in [2.05, 4.69) is 4.90 Å². The third-order valence-electron chi connectivity index (χ3n) is 4.81. The number of sulfone groups is 1. The highest BCUT2D eigenvalue weighted by Gasteiger charge is 2.31. The zero-order valence-electron chi connectivity index (χ0n) is 13.2. The number of halogens is 2. The van der Waals surface area contributed by atoms with Crippen molar-refractivity contribution in [1.82, 2.24) is 9.80 Å². The molecule has 1 aromatic carbocycles. The number of rotatable bonds is 2.